The zero-order chi connectivity index (χ0) is 15.5. The van der Waals surface area contributed by atoms with E-state index in [-0.39, 0.29) is 17.4 Å². The van der Waals surface area contributed by atoms with Gasteiger partial charge in [-0.3, -0.25) is 0 Å². The smallest absolute Gasteiger partial charge is 0.335 e. The molecule has 0 amide bonds. The van der Waals surface area contributed by atoms with Crippen molar-refractivity contribution >= 4 is 27.3 Å². The van der Waals surface area contributed by atoms with Gasteiger partial charge in [0.1, 0.15) is 0 Å². The molecule has 7 heteroatoms. The van der Waals surface area contributed by atoms with Gasteiger partial charge in [-0.1, -0.05) is 18.2 Å². The van der Waals surface area contributed by atoms with Crippen LogP contribution in [-0.4, -0.2) is 19.5 Å². The molecule has 0 aliphatic rings. The Kier molecular flexibility index (Phi) is 4.76. The van der Waals surface area contributed by atoms with Crippen LogP contribution >= 0.6 is 11.3 Å². The maximum absolute atomic E-state index is 12.1. The van der Waals surface area contributed by atoms with Gasteiger partial charge in [-0.25, -0.2) is 17.9 Å². The van der Waals surface area contributed by atoms with Crippen LogP contribution < -0.4 is 4.72 Å². The number of carbonyl (C=O) groups is 1. The summed E-state index contributed by atoms with van der Waals surface area (Å²) in [6.07, 6.45) is 0. The summed E-state index contributed by atoms with van der Waals surface area (Å²) in [6, 6.07) is 9.28. The number of nitrogens with one attached hydrogen (secondary N) is 1. The van der Waals surface area contributed by atoms with E-state index in [1.54, 1.807) is 6.92 Å². The predicted molar refractivity (Wildman–Crippen MR) is 81.9 cm³/mol. The normalized spacial score (nSPS) is 13.0. The summed E-state index contributed by atoms with van der Waals surface area (Å²) in [5.41, 5.74) is 0.682. The van der Waals surface area contributed by atoms with Crippen molar-refractivity contribution < 1.29 is 18.3 Å². The highest BCUT2D eigenvalue weighted by Gasteiger charge is 2.17. The molecule has 5 nitrogen and oxygen atoms in total. The molecular formula is C14H15NO4S2. The molecule has 21 heavy (non-hydrogen) atoms. The molecule has 112 valence electrons. The SMILES string of the molecule is C[C@@H](NS(=O)(=O)Cc1ccc(C(=O)O)cc1)c1cccs1. The Labute approximate surface area is 127 Å². The van der Waals surface area contributed by atoms with Crippen LogP contribution in [0.5, 0.6) is 0 Å². The van der Waals surface area contributed by atoms with Crippen LogP contribution in [0.2, 0.25) is 0 Å². The van der Waals surface area contributed by atoms with Crippen LogP contribution in [0.1, 0.15) is 33.8 Å². The summed E-state index contributed by atoms with van der Waals surface area (Å²) < 4.78 is 26.8. The molecule has 1 aromatic heterocycles. The van der Waals surface area contributed by atoms with Crippen molar-refractivity contribution in [2.45, 2.75) is 18.7 Å². The van der Waals surface area contributed by atoms with Crippen LogP contribution in [0.15, 0.2) is 41.8 Å². The van der Waals surface area contributed by atoms with Gasteiger partial charge in [0.2, 0.25) is 10.0 Å². The topological polar surface area (TPSA) is 83.5 Å². The Morgan fingerprint density at radius 3 is 2.48 bits per heavy atom. The van der Waals surface area contributed by atoms with Crippen LogP contribution in [-0.2, 0) is 15.8 Å². The lowest BCUT2D eigenvalue weighted by molar-refractivity contribution is 0.0697. The summed E-state index contributed by atoms with van der Waals surface area (Å²) in [6.45, 7) is 1.79. The first-order valence-corrected chi connectivity index (χ1v) is 8.76. The van der Waals surface area contributed by atoms with Crippen LogP contribution in [0, 0.1) is 0 Å². The van der Waals surface area contributed by atoms with Gasteiger partial charge in [0.05, 0.1) is 17.4 Å². The van der Waals surface area contributed by atoms with Crippen molar-refractivity contribution in [1.82, 2.24) is 4.72 Å². The number of thiophene rings is 1. The van der Waals surface area contributed by atoms with Gasteiger partial charge in [0.25, 0.3) is 0 Å². The maximum Gasteiger partial charge on any atom is 0.335 e. The fourth-order valence-electron chi connectivity index (χ4n) is 1.87. The monoisotopic (exact) mass is 325 g/mol. The van der Waals surface area contributed by atoms with Gasteiger partial charge < -0.3 is 5.11 Å². The fraction of sp³-hybridized carbons (Fsp3) is 0.214. The molecule has 0 fully saturated rings. The fourth-order valence-corrected chi connectivity index (χ4v) is 4.06. The number of benzene rings is 1. The Bertz CT molecular complexity index is 706. The third kappa shape index (κ3) is 4.38. The van der Waals surface area contributed by atoms with Crippen molar-refractivity contribution in [2.75, 3.05) is 0 Å². The van der Waals surface area contributed by atoms with E-state index in [0.717, 1.165) is 4.88 Å². The van der Waals surface area contributed by atoms with E-state index in [4.69, 9.17) is 5.11 Å². The molecule has 1 heterocycles. The van der Waals surface area contributed by atoms with E-state index in [1.165, 1.54) is 35.6 Å². The minimum Gasteiger partial charge on any atom is -0.478 e. The predicted octanol–water partition coefficient (Wildman–Crippen LogP) is 2.63. The first kappa shape index (κ1) is 15.7. The van der Waals surface area contributed by atoms with E-state index >= 15 is 0 Å². The third-order valence-corrected chi connectivity index (χ3v) is 5.36. The number of rotatable bonds is 6. The van der Waals surface area contributed by atoms with Crippen LogP contribution in [0.4, 0.5) is 0 Å². The van der Waals surface area contributed by atoms with Gasteiger partial charge in [-0.2, -0.15) is 0 Å². The van der Waals surface area contributed by atoms with E-state index in [0.29, 0.717) is 5.56 Å². The number of carboxylic acid groups (broad SMARTS) is 1. The summed E-state index contributed by atoms with van der Waals surface area (Å²) in [7, 11) is -3.48. The van der Waals surface area contributed by atoms with Gasteiger partial charge in [0, 0.05) is 4.88 Å². The molecule has 2 N–H and O–H groups in total. The van der Waals surface area contributed by atoms with E-state index in [9.17, 15) is 13.2 Å². The highest BCUT2D eigenvalue weighted by Crippen LogP contribution is 2.19. The number of sulfonamides is 1. The molecule has 1 atom stereocenters. The minimum absolute atomic E-state index is 0.135. The van der Waals surface area contributed by atoms with Gasteiger partial charge in [-0.05, 0) is 36.1 Å². The molecule has 0 saturated carbocycles. The average molecular weight is 325 g/mol. The van der Waals surface area contributed by atoms with Crippen molar-refractivity contribution in [1.29, 1.82) is 0 Å². The standard InChI is InChI=1S/C14H15NO4S2/c1-10(13-3-2-8-20-13)15-21(18,19)9-11-4-6-12(7-5-11)14(16)17/h2-8,10,15H,9H2,1H3,(H,16,17)/t10-/m1/s1. The maximum atomic E-state index is 12.1. The zero-order valence-corrected chi connectivity index (χ0v) is 12.9. The highest BCUT2D eigenvalue weighted by atomic mass is 32.2. The summed E-state index contributed by atoms with van der Waals surface area (Å²) >= 11 is 1.49. The lowest BCUT2D eigenvalue weighted by Gasteiger charge is -2.12. The third-order valence-electron chi connectivity index (χ3n) is 2.88. The van der Waals surface area contributed by atoms with Crippen LogP contribution in [0.3, 0.4) is 0 Å². The number of carboxylic acids is 1. The summed E-state index contributed by atoms with van der Waals surface area (Å²) in [5.74, 6) is -1.21. The minimum atomic E-state index is -3.48. The molecular weight excluding hydrogens is 310 g/mol. The molecule has 0 unspecified atom stereocenters. The molecule has 0 spiro atoms. The van der Waals surface area contributed by atoms with E-state index in [2.05, 4.69) is 4.72 Å². The molecule has 0 bridgehead atoms. The molecule has 0 aliphatic carbocycles. The van der Waals surface area contributed by atoms with E-state index in [1.807, 2.05) is 17.5 Å². The Morgan fingerprint density at radius 1 is 1.29 bits per heavy atom. The highest BCUT2D eigenvalue weighted by molar-refractivity contribution is 7.88. The average Bonchev–Trinajstić information content (AvgIpc) is 2.92. The number of aromatic carboxylic acids is 1. The molecule has 0 radical (unpaired) electrons. The lowest BCUT2D eigenvalue weighted by atomic mass is 10.1. The summed E-state index contributed by atoms with van der Waals surface area (Å²) in [5, 5.41) is 10.7. The van der Waals surface area contributed by atoms with Crippen molar-refractivity contribution in [3.05, 3.63) is 57.8 Å². The molecule has 1 aromatic carbocycles. The van der Waals surface area contributed by atoms with Gasteiger partial charge in [-0.15, -0.1) is 11.3 Å². The van der Waals surface area contributed by atoms with Crippen molar-refractivity contribution in [3.8, 4) is 0 Å². The first-order chi connectivity index (χ1) is 9.87. The number of hydrogen-bond acceptors (Lipinski definition) is 4. The second-order valence-electron chi connectivity index (χ2n) is 4.62. The Morgan fingerprint density at radius 2 is 1.95 bits per heavy atom. The zero-order valence-electron chi connectivity index (χ0n) is 11.3. The summed E-state index contributed by atoms with van der Waals surface area (Å²) in [4.78, 5) is 11.7. The second-order valence-corrected chi connectivity index (χ2v) is 7.35. The number of hydrogen-bond donors (Lipinski definition) is 2. The van der Waals surface area contributed by atoms with E-state index < -0.39 is 16.0 Å². The van der Waals surface area contributed by atoms with Crippen molar-refractivity contribution in [3.63, 3.8) is 0 Å². The van der Waals surface area contributed by atoms with Gasteiger partial charge >= 0.3 is 5.97 Å². The van der Waals surface area contributed by atoms with Gasteiger partial charge in [0.15, 0.2) is 0 Å². The molecule has 0 saturated heterocycles. The quantitative estimate of drug-likeness (QED) is 0.855. The Balaban J connectivity index is 2.05. The molecule has 2 aromatic rings. The largest absolute Gasteiger partial charge is 0.478 e. The first-order valence-electron chi connectivity index (χ1n) is 6.23. The lowest BCUT2D eigenvalue weighted by Crippen LogP contribution is -2.27. The van der Waals surface area contributed by atoms with Crippen molar-refractivity contribution in [2.24, 2.45) is 0 Å². The second kappa shape index (κ2) is 6.38. The molecule has 2 rings (SSSR count). The Hall–Kier alpha value is -1.70. The molecule has 0 aliphatic heterocycles. The van der Waals surface area contributed by atoms with Crippen LogP contribution in [0.25, 0.3) is 0 Å².